The van der Waals surface area contributed by atoms with Crippen LogP contribution in [-0.2, 0) is 77.0 Å². The highest BCUT2D eigenvalue weighted by atomic mass is 28.4. The minimum Gasteiger partial charge on any atom is -0.502 e. The smallest absolute Gasteiger partial charge is 0.500 e. The Morgan fingerprint density at radius 1 is 0.474 bits per heavy atom. The number of nitrogens with one attached hydrogen (secondary N) is 1. The molecule has 0 aromatic heterocycles. The minimum absolute atomic E-state index is 0.0382. The van der Waals surface area contributed by atoms with E-state index in [1.807, 2.05) is 0 Å². The fourth-order valence-corrected chi connectivity index (χ4v) is 11.2. The molecule has 0 aliphatic rings. The van der Waals surface area contributed by atoms with Crippen molar-refractivity contribution in [2.24, 2.45) is 0 Å². The summed E-state index contributed by atoms with van der Waals surface area (Å²) in [5.41, 5.74) is 0. The second-order valence-electron chi connectivity index (χ2n) is 10.9. The van der Waals surface area contributed by atoms with Gasteiger partial charge in [0.2, 0.25) is 5.91 Å². The fraction of sp³-hybridized carbons (Fsp3) is 0.686. The summed E-state index contributed by atoms with van der Waals surface area (Å²) in [6.07, 6.45) is 8.53. The van der Waals surface area contributed by atoms with Crippen molar-refractivity contribution in [2.75, 3.05) is 105 Å². The Hall–Kier alpha value is -2.24. The largest absolute Gasteiger partial charge is 0.502 e. The maximum atomic E-state index is 10.9. The Balaban J connectivity index is -0.000000329. The molecule has 57 heavy (non-hydrogen) atoms. The van der Waals surface area contributed by atoms with Crippen LogP contribution < -0.4 is 5.32 Å². The molecular weight excluding hydrogens is 819 g/mol. The van der Waals surface area contributed by atoms with Crippen molar-refractivity contribution in [1.82, 2.24) is 5.32 Å². The Morgan fingerprint density at radius 3 is 1.14 bits per heavy atom. The molecule has 0 aromatic rings. The van der Waals surface area contributed by atoms with Crippen LogP contribution in [0.25, 0.3) is 0 Å². The van der Waals surface area contributed by atoms with Gasteiger partial charge in [-0.2, -0.15) is 0 Å². The number of esters is 1. The lowest BCUT2D eigenvalue weighted by molar-refractivity contribution is -0.137. The van der Waals surface area contributed by atoms with E-state index < -0.39 is 41.2 Å². The van der Waals surface area contributed by atoms with E-state index >= 15 is 0 Å². The average molecular weight is 892 g/mol. The van der Waals surface area contributed by atoms with Gasteiger partial charge in [0, 0.05) is 129 Å². The van der Waals surface area contributed by atoms with Crippen molar-refractivity contribution in [2.45, 2.75) is 56.3 Å². The van der Waals surface area contributed by atoms with Crippen LogP contribution in [0.1, 0.15) is 32.1 Å². The molecule has 22 heteroatoms. The van der Waals surface area contributed by atoms with Gasteiger partial charge in [0.05, 0.1) is 19.5 Å². The highest BCUT2D eigenvalue weighted by Crippen LogP contribution is 2.18. The molecule has 1 N–H and O–H groups in total. The van der Waals surface area contributed by atoms with Gasteiger partial charge in [0.15, 0.2) is 5.78 Å². The first-order chi connectivity index (χ1) is 27.2. The lowest BCUT2D eigenvalue weighted by Crippen LogP contribution is -2.43. The number of carbonyl (C=O) groups is 3. The molecule has 0 atom stereocenters. The van der Waals surface area contributed by atoms with Crippen molar-refractivity contribution < 1.29 is 77.0 Å². The van der Waals surface area contributed by atoms with E-state index in [9.17, 15) is 14.4 Å². The van der Waals surface area contributed by atoms with Gasteiger partial charge >= 0.3 is 41.2 Å². The lowest BCUT2D eigenvalue weighted by Gasteiger charge is -2.24. The zero-order valence-electron chi connectivity index (χ0n) is 36.6. The summed E-state index contributed by atoms with van der Waals surface area (Å²) in [6.45, 7) is 15.0. The third-order valence-corrected chi connectivity index (χ3v) is 19.2. The molecule has 336 valence electrons. The number of rotatable bonds is 32. The third-order valence-electron chi connectivity index (χ3n) is 7.91. The van der Waals surface area contributed by atoms with E-state index in [0.717, 1.165) is 25.0 Å². The third kappa shape index (κ3) is 29.6. The van der Waals surface area contributed by atoms with Gasteiger partial charge in [-0.15, -0.1) is 0 Å². The molecule has 0 fully saturated rings. The quantitative estimate of drug-likeness (QED) is 0.0329. The molecular formula is C35H73NO17Si4. The predicted octanol–water partition coefficient (Wildman–Crippen LogP) is 4.36. The molecule has 0 aliphatic carbocycles. The summed E-state index contributed by atoms with van der Waals surface area (Å²) in [5.74, 6) is -0.555. The maximum Gasteiger partial charge on any atom is 0.500 e. The standard InChI is InChI=1S/C9H19NO4Si.C9H18O5Si.C9H18O4Si.C8H18O4Si/c1-5-9(11)10-7-6-8-15(12-2,13-3)14-4;1-5-9(10)14-7-6-8-15(11-2,12-3)13-4;1-5-9(10)7-6-8-14(11-2,12-3)13-4;1-5-12-7-6-8-13(9-2,10-3)11-4/h5H,1,6-8H2,2-4H3,(H,10,11);5H,1,6-8H2,2-4H3;5H,1,6-8H2,2-4H3;5H,1,6-8H2,2-4H3. The molecule has 0 rings (SSSR count). The molecule has 0 unspecified atom stereocenters. The van der Waals surface area contributed by atoms with Gasteiger partial charge < -0.3 is 67.9 Å². The molecule has 0 heterocycles. The molecule has 0 aliphatic heterocycles. The van der Waals surface area contributed by atoms with E-state index in [4.69, 9.17) is 62.6 Å². The Kier molecular flexibility index (Phi) is 42.3. The summed E-state index contributed by atoms with van der Waals surface area (Å²) in [7, 11) is 9.01. The van der Waals surface area contributed by atoms with E-state index in [1.54, 1.807) is 85.3 Å². The van der Waals surface area contributed by atoms with Gasteiger partial charge in [0.1, 0.15) is 0 Å². The number of hydrogen-bond donors (Lipinski definition) is 1. The highest BCUT2D eigenvalue weighted by Gasteiger charge is 2.39. The van der Waals surface area contributed by atoms with Crippen LogP contribution in [0.2, 0.25) is 24.2 Å². The lowest BCUT2D eigenvalue weighted by atomic mass is 10.2. The zero-order chi connectivity index (χ0) is 44.7. The van der Waals surface area contributed by atoms with Crippen molar-refractivity contribution in [3.63, 3.8) is 0 Å². The van der Waals surface area contributed by atoms with Crippen LogP contribution in [0, 0.1) is 0 Å². The van der Waals surface area contributed by atoms with Crippen molar-refractivity contribution in [3.05, 3.63) is 50.8 Å². The SMILES string of the molecule is C=CC(=O)CCC[Si](OC)(OC)OC.C=CC(=O)NCCC[Si](OC)(OC)OC.C=CC(=O)OCCC[Si](OC)(OC)OC.C=COCCC[Si](OC)(OC)OC. The van der Waals surface area contributed by atoms with E-state index in [0.29, 0.717) is 57.2 Å². The topological polar surface area (TPSA) is 192 Å². The average Bonchev–Trinajstić information content (AvgIpc) is 3.26. The monoisotopic (exact) mass is 891 g/mol. The number of carbonyl (C=O) groups excluding carboxylic acids is 3. The first-order valence-electron chi connectivity index (χ1n) is 17.8. The molecule has 18 nitrogen and oxygen atoms in total. The van der Waals surface area contributed by atoms with Crippen LogP contribution in [0.3, 0.4) is 0 Å². The molecule has 0 saturated carbocycles. The van der Waals surface area contributed by atoms with Crippen molar-refractivity contribution >= 4 is 52.9 Å². The summed E-state index contributed by atoms with van der Waals surface area (Å²) in [6, 6.07) is 2.69. The number of hydrogen-bond acceptors (Lipinski definition) is 17. The number of allylic oxidation sites excluding steroid dienone is 1. The first-order valence-corrected chi connectivity index (χ1v) is 25.6. The molecule has 0 aromatic carbocycles. The van der Waals surface area contributed by atoms with Crippen LogP contribution >= 0.6 is 0 Å². The maximum absolute atomic E-state index is 10.9. The number of ether oxygens (including phenoxy) is 2. The second-order valence-corrected chi connectivity index (χ2v) is 23.3. The minimum atomic E-state index is -2.52. The molecule has 0 radical (unpaired) electrons. The summed E-state index contributed by atoms with van der Waals surface area (Å²) in [5, 5.41) is 2.68. The predicted molar refractivity (Wildman–Crippen MR) is 225 cm³/mol. The van der Waals surface area contributed by atoms with Crippen LogP contribution in [0.15, 0.2) is 50.8 Å². The Morgan fingerprint density at radius 2 is 0.825 bits per heavy atom. The summed E-state index contributed by atoms with van der Waals surface area (Å²) in [4.78, 5) is 32.5. The molecule has 0 bridgehead atoms. The van der Waals surface area contributed by atoms with E-state index in [1.165, 1.54) is 18.4 Å². The van der Waals surface area contributed by atoms with Gasteiger partial charge in [-0.1, -0.05) is 26.3 Å². The molecule has 0 spiro atoms. The zero-order valence-corrected chi connectivity index (χ0v) is 40.6. The Labute approximate surface area is 346 Å². The Bertz CT molecular complexity index is 981. The molecule has 0 saturated heterocycles. The number of amides is 1. The van der Waals surface area contributed by atoms with Gasteiger partial charge in [0.25, 0.3) is 0 Å². The number of ketones is 1. The highest BCUT2D eigenvalue weighted by molar-refractivity contribution is 6.61. The van der Waals surface area contributed by atoms with Crippen LogP contribution in [-0.4, -0.2) is 158 Å². The van der Waals surface area contributed by atoms with Gasteiger partial charge in [-0.25, -0.2) is 4.79 Å². The summed E-state index contributed by atoms with van der Waals surface area (Å²) >= 11 is 0. The van der Waals surface area contributed by atoms with Crippen LogP contribution in [0.5, 0.6) is 0 Å². The fourth-order valence-electron chi connectivity index (χ4n) is 4.37. The summed E-state index contributed by atoms with van der Waals surface area (Å²) < 4.78 is 72.4. The van der Waals surface area contributed by atoms with Crippen LogP contribution in [0.4, 0.5) is 0 Å². The van der Waals surface area contributed by atoms with Gasteiger partial charge in [-0.05, 0) is 37.8 Å². The van der Waals surface area contributed by atoms with Crippen molar-refractivity contribution in [1.29, 1.82) is 0 Å². The van der Waals surface area contributed by atoms with Crippen molar-refractivity contribution in [3.8, 4) is 0 Å². The molecule has 1 amide bonds. The second kappa shape index (κ2) is 39.2. The first kappa shape index (κ1) is 61.4. The normalized spacial score (nSPS) is 11.2. The van der Waals surface area contributed by atoms with Gasteiger partial charge in [-0.3, -0.25) is 9.59 Å². The van der Waals surface area contributed by atoms with E-state index in [-0.39, 0.29) is 11.7 Å². The van der Waals surface area contributed by atoms with E-state index in [2.05, 4.69) is 31.6 Å².